The number of furan rings is 1. The van der Waals surface area contributed by atoms with Gasteiger partial charge in [0.15, 0.2) is 0 Å². The summed E-state index contributed by atoms with van der Waals surface area (Å²) in [4.78, 5) is 14.1. The molecule has 1 aromatic heterocycles. The van der Waals surface area contributed by atoms with Gasteiger partial charge in [-0.25, -0.2) is 0 Å². The number of anilines is 1. The second kappa shape index (κ2) is 6.95. The van der Waals surface area contributed by atoms with E-state index in [1.165, 1.54) is 0 Å². The van der Waals surface area contributed by atoms with Crippen LogP contribution in [-0.4, -0.2) is 33.7 Å². The zero-order valence-electron chi connectivity index (χ0n) is 12.5. The number of carbonyl (C=O) groups excluding carboxylic acids is 1. The van der Waals surface area contributed by atoms with Crippen LogP contribution < -0.4 is 10.2 Å². The standard InChI is InChI=1S/C16H20N2O3/c1-18(2)13-7-4-6-12(10-13)16(19)17-11-15(20-3)14-8-5-9-21-14/h4-10,15H,11H2,1-3H3,(H,17,19). The maximum Gasteiger partial charge on any atom is 0.251 e. The van der Waals surface area contributed by atoms with E-state index in [1.807, 2.05) is 43.3 Å². The van der Waals surface area contributed by atoms with E-state index < -0.39 is 0 Å². The van der Waals surface area contributed by atoms with Gasteiger partial charge in [-0.05, 0) is 30.3 Å². The molecule has 0 aliphatic rings. The Balaban J connectivity index is 1.99. The maximum atomic E-state index is 12.2. The Morgan fingerprint density at radius 1 is 1.33 bits per heavy atom. The quantitative estimate of drug-likeness (QED) is 0.887. The first kappa shape index (κ1) is 15.1. The third-order valence-corrected chi connectivity index (χ3v) is 3.22. The fraction of sp³-hybridized carbons (Fsp3) is 0.312. The normalized spacial score (nSPS) is 12.0. The maximum absolute atomic E-state index is 12.2. The van der Waals surface area contributed by atoms with Crippen LogP contribution in [0.25, 0.3) is 0 Å². The van der Waals surface area contributed by atoms with E-state index >= 15 is 0 Å². The molecule has 5 heteroatoms. The molecule has 21 heavy (non-hydrogen) atoms. The molecule has 1 unspecified atom stereocenters. The van der Waals surface area contributed by atoms with E-state index in [4.69, 9.17) is 9.15 Å². The topological polar surface area (TPSA) is 54.7 Å². The Morgan fingerprint density at radius 2 is 2.14 bits per heavy atom. The van der Waals surface area contributed by atoms with E-state index in [0.29, 0.717) is 17.9 Å². The lowest BCUT2D eigenvalue weighted by atomic mass is 10.1. The van der Waals surface area contributed by atoms with Gasteiger partial charge in [-0.2, -0.15) is 0 Å². The lowest BCUT2D eigenvalue weighted by Gasteiger charge is -2.15. The van der Waals surface area contributed by atoms with Gasteiger partial charge in [0.05, 0.1) is 12.8 Å². The van der Waals surface area contributed by atoms with E-state index in [1.54, 1.807) is 25.5 Å². The molecule has 1 heterocycles. The molecule has 0 radical (unpaired) electrons. The third-order valence-electron chi connectivity index (χ3n) is 3.22. The van der Waals surface area contributed by atoms with Crippen molar-refractivity contribution in [3.8, 4) is 0 Å². The van der Waals surface area contributed by atoms with Crippen LogP contribution in [0.3, 0.4) is 0 Å². The average Bonchev–Trinajstić information content (AvgIpc) is 3.02. The molecule has 0 saturated heterocycles. The van der Waals surface area contributed by atoms with Crippen LogP contribution in [0.2, 0.25) is 0 Å². The van der Waals surface area contributed by atoms with Crippen LogP contribution >= 0.6 is 0 Å². The summed E-state index contributed by atoms with van der Waals surface area (Å²) in [5, 5.41) is 2.86. The van der Waals surface area contributed by atoms with Crippen molar-refractivity contribution in [1.29, 1.82) is 0 Å². The number of nitrogens with zero attached hydrogens (tertiary/aromatic N) is 1. The van der Waals surface area contributed by atoms with Crippen molar-refractivity contribution < 1.29 is 13.9 Å². The van der Waals surface area contributed by atoms with Crippen LogP contribution in [-0.2, 0) is 4.74 Å². The number of rotatable bonds is 6. The van der Waals surface area contributed by atoms with Gasteiger partial charge in [0.25, 0.3) is 5.91 Å². The minimum atomic E-state index is -0.291. The fourth-order valence-electron chi connectivity index (χ4n) is 1.99. The molecule has 0 aliphatic carbocycles. The predicted octanol–water partition coefficient (Wildman–Crippen LogP) is 2.46. The summed E-state index contributed by atoms with van der Waals surface area (Å²) >= 11 is 0. The summed E-state index contributed by atoms with van der Waals surface area (Å²) in [6.45, 7) is 0.356. The number of amides is 1. The number of carbonyl (C=O) groups is 1. The van der Waals surface area contributed by atoms with Crippen LogP contribution in [0.5, 0.6) is 0 Å². The molecule has 5 nitrogen and oxygen atoms in total. The fourth-order valence-corrected chi connectivity index (χ4v) is 1.99. The summed E-state index contributed by atoms with van der Waals surface area (Å²) in [5.41, 5.74) is 1.60. The third kappa shape index (κ3) is 3.86. The number of ether oxygens (including phenoxy) is 1. The average molecular weight is 288 g/mol. The van der Waals surface area contributed by atoms with Gasteiger partial charge in [-0.1, -0.05) is 6.07 Å². The number of hydrogen-bond acceptors (Lipinski definition) is 4. The minimum absolute atomic E-state index is 0.132. The number of nitrogens with one attached hydrogen (secondary N) is 1. The molecule has 112 valence electrons. The highest BCUT2D eigenvalue weighted by molar-refractivity contribution is 5.95. The van der Waals surface area contributed by atoms with Crippen molar-refractivity contribution in [3.05, 3.63) is 54.0 Å². The highest BCUT2D eigenvalue weighted by Gasteiger charge is 2.15. The lowest BCUT2D eigenvalue weighted by molar-refractivity contribution is 0.0738. The van der Waals surface area contributed by atoms with E-state index in [0.717, 1.165) is 5.69 Å². The molecule has 1 aromatic carbocycles. The van der Waals surface area contributed by atoms with Crippen molar-refractivity contribution >= 4 is 11.6 Å². The summed E-state index contributed by atoms with van der Waals surface area (Å²) < 4.78 is 10.6. The Kier molecular flexibility index (Phi) is 5.00. The van der Waals surface area contributed by atoms with Crippen molar-refractivity contribution in [2.24, 2.45) is 0 Å². The molecule has 2 rings (SSSR count). The van der Waals surface area contributed by atoms with Crippen molar-refractivity contribution in [2.45, 2.75) is 6.10 Å². The molecule has 0 saturated carbocycles. The Hall–Kier alpha value is -2.27. The van der Waals surface area contributed by atoms with Crippen molar-refractivity contribution in [1.82, 2.24) is 5.32 Å². The number of hydrogen-bond donors (Lipinski definition) is 1. The first-order chi connectivity index (χ1) is 10.1. The largest absolute Gasteiger partial charge is 0.467 e. The highest BCUT2D eigenvalue weighted by Crippen LogP contribution is 2.17. The minimum Gasteiger partial charge on any atom is -0.467 e. The van der Waals surface area contributed by atoms with Gasteiger partial charge in [0.1, 0.15) is 11.9 Å². The molecule has 1 N–H and O–H groups in total. The van der Waals surface area contributed by atoms with Gasteiger partial charge in [0, 0.05) is 32.5 Å². The van der Waals surface area contributed by atoms with E-state index in [9.17, 15) is 4.79 Å². The monoisotopic (exact) mass is 288 g/mol. The molecular formula is C16H20N2O3. The first-order valence-corrected chi connectivity index (χ1v) is 6.73. The van der Waals surface area contributed by atoms with Gasteiger partial charge < -0.3 is 19.4 Å². The molecule has 0 aliphatic heterocycles. The Labute approximate surface area is 124 Å². The van der Waals surface area contributed by atoms with Gasteiger partial charge in [-0.3, -0.25) is 4.79 Å². The molecule has 2 aromatic rings. The number of benzene rings is 1. The van der Waals surface area contributed by atoms with Crippen LogP contribution in [0.4, 0.5) is 5.69 Å². The van der Waals surface area contributed by atoms with Gasteiger partial charge in [0.2, 0.25) is 0 Å². The summed E-state index contributed by atoms with van der Waals surface area (Å²) in [6.07, 6.45) is 1.30. The predicted molar refractivity (Wildman–Crippen MR) is 81.6 cm³/mol. The highest BCUT2D eigenvalue weighted by atomic mass is 16.5. The van der Waals surface area contributed by atoms with E-state index in [-0.39, 0.29) is 12.0 Å². The summed E-state index contributed by atoms with van der Waals surface area (Å²) in [7, 11) is 5.47. The molecule has 1 atom stereocenters. The van der Waals surface area contributed by atoms with Crippen LogP contribution in [0.1, 0.15) is 22.2 Å². The Morgan fingerprint density at radius 3 is 2.76 bits per heavy atom. The summed E-state index contributed by atoms with van der Waals surface area (Å²) in [6, 6.07) is 11.1. The molecule has 1 amide bonds. The first-order valence-electron chi connectivity index (χ1n) is 6.73. The zero-order valence-corrected chi connectivity index (χ0v) is 12.5. The van der Waals surface area contributed by atoms with E-state index in [2.05, 4.69) is 5.32 Å². The van der Waals surface area contributed by atoms with Gasteiger partial charge >= 0.3 is 0 Å². The number of methoxy groups -OCH3 is 1. The smallest absolute Gasteiger partial charge is 0.251 e. The summed E-state index contributed by atoms with van der Waals surface area (Å²) in [5.74, 6) is 0.562. The second-order valence-electron chi connectivity index (χ2n) is 4.89. The SMILES string of the molecule is COC(CNC(=O)c1cccc(N(C)C)c1)c1ccco1. The second-order valence-corrected chi connectivity index (χ2v) is 4.89. The Bertz CT molecular complexity index is 579. The molecule has 0 fully saturated rings. The van der Waals surface area contributed by atoms with Crippen LogP contribution in [0, 0.1) is 0 Å². The zero-order chi connectivity index (χ0) is 15.2. The molecule has 0 spiro atoms. The molecular weight excluding hydrogens is 268 g/mol. The van der Waals surface area contributed by atoms with Crippen LogP contribution in [0.15, 0.2) is 47.1 Å². The van der Waals surface area contributed by atoms with Gasteiger partial charge in [-0.15, -0.1) is 0 Å². The van der Waals surface area contributed by atoms with Crippen molar-refractivity contribution in [2.75, 3.05) is 32.6 Å². The lowest BCUT2D eigenvalue weighted by Crippen LogP contribution is -2.29. The van der Waals surface area contributed by atoms with Crippen molar-refractivity contribution in [3.63, 3.8) is 0 Å². The molecule has 0 bridgehead atoms.